The fraction of sp³-hybridized carbons (Fsp3) is 0.174. The van der Waals surface area contributed by atoms with Crippen molar-refractivity contribution in [1.82, 2.24) is 0 Å². The number of nitrogens with zero attached hydrogens (tertiary/aromatic N) is 2. The van der Waals surface area contributed by atoms with Crippen LogP contribution < -0.4 is 9.64 Å². The third kappa shape index (κ3) is 4.77. The Morgan fingerprint density at radius 2 is 1.97 bits per heavy atom. The summed E-state index contributed by atoms with van der Waals surface area (Å²) in [4.78, 5) is 1.78. The molecule has 2 N–H and O–H groups in total. The molecular formula is C23H23FN2O3. The lowest BCUT2D eigenvalue weighted by Crippen LogP contribution is -2.17. The second-order valence-electron chi connectivity index (χ2n) is 6.33. The molecule has 0 aliphatic rings. The SMILES string of the molecule is C/C=C(\C=C(\c1ccc(C#N)c(F)c1)N(C)c1ccc(C)cc1OC)C(O)=CO. The minimum atomic E-state index is -0.649. The van der Waals surface area contributed by atoms with E-state index in [2.05, 4.69) is 0 Å². The summed E-state index contributed by atoms with van der Waals surface area (Å²) in [7, 11) is 3.34. The van der Waals surface area contributed by atoms with Gasteiger partial charge in [-0.15, -0.1) is 0 Å². The molecule has 2 aromatic carbocycles. The van der Waals surface area contributed by atoms with Crippen molar-refractivity contribution in [2.24, 2.45) is 0 Å². The first-order chi connectivity index (χ1) is 13.9. The van der Waals surface area contributed by atoms with Crippen LogP contribution in [0.3, 0.4) is 0 Å². The maximum Gasteiger partial charge on any atom is 0.156 e. The van der Waals surface area contributed by atoms with Crippen molar-refractivity contribution in [2.45, 2.75) is 13.8 Å². The number of nitriles is 1. The van der Waals surface area contributed by atoms with E-state index < -0.39 is 5.82 Å². The number of benzene rings is 2. The van der Waals surface area contributed by atoms with Gasteiger partial charge in [0.05, 0.1) is 18.4 Å². The molecule has 0 radical (unpaired) electrons. The average molecular weight is 394 g/mol. The summed E-state index contributed by atoms with van der Waals surface area (Å²) in [5, 5.41) is 28.2. The predicted molar refractivity (Wildman–Crippen MR) is 112 cm³/mol. The van der Waals surface area contributed by atoms with Gasteiger partial charge in [0.15, 0.2) is 5.76 Å². The lowest BCUT2D eigenvalue weighted by atomic mass is 10.0. The van der Waals surface area contributed by atoms with Gasteiger partial charge in [-0.05, 0) is 49.8 Å². The molecule has 0 bridgehead atoms. The van der Waals surface area contributed by atoms with Crippen LogP contribution in [-0.2, 0) is 0 Å². The molecule has 0 atom stereocenters. The van der Waals surface area contributed by atoms with Crippen molar-refractivity contribution in [1.29, 1.82) is 5.26 Å². The van der Waals surface area contributed by atoms with E-state index in [-0.39, 0.29) is 11.3 Å². The van der Waals surface area contributed by atoms with Crippen LogP contribution in [0.4, 0.5) is 10.1 Å². The second-order valence-corrected chi connectivity index (χ2v) is 6.33. The van der Waals surface area contributed by atoms with Crippen LogP contribution in [0.5, 0.6) is 5.75 Å². The summed E-state index contributed by atoms with van der Waals surface area (Å²) in [5.74, 6) is -0.357. The molecule has 0 aliphatic heterocycles. The molecule has 0 fully saturated rings. The zero-order chi connectivity index (χ0) is 21.6. The number of rotatable bonds is 6. The predicted octanol–water partition coefficient (Wildman–Crippen LogP) is 5.40. The largest absolute Gasteiger partial charge is 0.512 e. The van der Waals surface area contributed by atoms with E-state index in [0.717, 1.165) is 11.3 Å². The maximum atomic E-state index is 14.3. The standard InChI is InChI=1S/C23H23FN2O3/c1-5-16(22(28)14-27)12-21(17-7-8-18(13-25)19(24)11-17)26(3)20-9-6-15(2)10-23(20)29-4/h5-12,14,27-28H,1-4H3/b16-5+,21-12-,22-14?. The lowest BCUT2D eigenvalue weighted by molar-refractivity contribution is 0.373. The van der Waals surface area contributed by atoms with Gasteiger partial charge in [0, 0.05) is 23.9 Å². The van der Waals surface area contributed by atoms with Gasteiger partial charge in [0.25, 0.3) is 0 Å². The molecule has 0 aromatic heterocycles. The van der Waals surface area contributed by atoms with Crippen molar-refractivity contribution < 1.29 is 19.3 Å². The number of aryl methyl sites for hydroxylation is 1. The Kier molecular flexibility index (Phi) is 7.05. The molecule has 0 amide bonds. The van der Waals surface area contributed by atoms with E-state index in [4.69, 9.17) is 10.00 Å². The minimum absolute atomic E-state index is 0.0620. The minimum Gasteiger partial charge on any atom is -0.512 e. The molecule has 29 heavy (non-hydrogen) atoms. The van der Waals surface area contributed by atoms with Crippen LogP contribution in [0.1, 0.15) is 23.6 Å². The summed E-state index contributed by atoms with van der Waals surface area (Å²) in [6.07, 6.45) is 3.82. The molecule has 150 valence electrons. The molecule has 2 aromatic rings. The zero-order valence-electron chi connectivity index (χ0n) is 16.8. The zero-order valence-corrected chi connectivity index (χ0v) is 16.8. The van der Waals surface area contributed by atoms with Gasteiger partial charge >= 0.3 is 0 Å². The molecule has 6 heteroatoms. The molecule has 2 rings (SSSR count). The second kappa shape index (κ2) is 9.47. The number of anilines is 1. The van der Waals surface area contributed by atoms with Crippen molar-refractivity contribution in [3.63, 3.8) is 0 Å². The quantitative estimate of drug-likeness (QED) is 0.507. The maximum absolute atomic E-state index is 14.3. The normalized spacial score (nSPS) is 12.5. The fourth-order valence-electron chi connectivity index (χ4n) is 2.86. The molecule has 0 heterocycles. The number of hydrogen-bond acceptors (Lipinski definition) is 5. The third-order valence-electron chi connectivity index (χ3n) is 4.46. The number of aliphatic hydroxyl groups excluding tert-OH is 2. The van der Waals surface area contributed by atoms with Gasteiger partial charge < -0.3 is 19.8 Å². The summed E-state index contributed by atoms with van der Waals surface area (Å²) in [6, 6.07) is 11.8. The van der Waals surface area contributed by atoms with Crippen LogP contribution >= 0.6 is 0 Å². The Balaban J connectivity index is 2.71. The van der Waals surface area contributed by atoms with Crippen LogP contribution in [0.15, 0.2) is 66.1 Å². The van der Waals surface area contributed by atoms with Crippen LogP contribution in [0, 0.1) is 24.1 Å². The number of hydrogen-bond donors (Lipinski definition) is 2. The first-order valence-corrected chi connectivity index (χ1v) is 8.86. The van der Waals surface area contributed by atoms with Gasteiger partial charge in [-0.3, -0.25) is 0 Å². The molecule has 0 unspecified atom stereocenters. The van der Waals surface area contributed by atoms with E-state index in [9.17, 15) is 14.6 Å². The van der Waals surface area contributed by atoms with Crippen molar-refractivity contribution in [3.8, 4) is 11.8 Å². The van der Waals surface area contributed by atoms with Crippen LogP contribution in [0.25, 0.3) is 5.70 Å². The molecule has 0 saturated heterocycles. The van der Waals surface area contributed by atoms with Crippen LogP contribution in [-0.4, -0.2) is 24.4 Å². The van der Waals surface area contributed by atoms with E-state index in [1.54, 1.807) is 50.3 Å². The van der Waals surface area contributed by atoms with Gasteiger partial charge in [0.2, 0.25) is 0 Å². The van der Waals surface area contributed by atoms with E-state index >= 15 is 0 Å². The van der Waals surface area contributed by atoms with Crippen molar-refractivity contribution >= 4 is 11.4 Å². The smallest absolute Gasteiger partial charge is 0.156 e. The van der Waals surface area contributed by atoms with Gasteiger partial charge in [0.1, 0.15) is 23.9 Å². The third-order valence-corrected chi connectivity index (χ3v) is 4.46. The Morgan fingerprint density at radius 1 is 1.24 bits per heavy atom. The number of ether oxygens (including phenoxy) is 1. The van der Waals surface area contributed by atoms with Gasteiger partial charge in [-0.1, -0.05) is 18.2 Å². The highest BCUT2D eigenvalue weighted by Gasteiger charge is 2.17. The Morgan fingerprint density at radius 3 is 2.52 bits per heavy atom. The lowest BCUT2D eigenvalue weighted by Gasteiger charge is -2.26. The fourth-order valence-corrected chi connectivity index (χ4v) is 2.86. The Labute approximate surface area is 169 Å². The van der Waals surface area contributed by atoms with E-state index in [1.165, 1.54) is 12.1 Å². The highest BCUT2D eigenvalue weighted by Crippen LogP contribution is 2.35. The summed E-state index contributed by atoms with van der Waals surface area (Å²) < 4.78 is 19.8. The van der Waals surface area contributed by atoms with E-state index in [1.807, 2.05) is 25.1 Å². The Hall–Kier alpha value is -3.72. The van der Waals surface area contributed by atoms with Gasteiger partial charge in [-0.2, -0.15) is 5.26 Å². The first-order valence-electron chi connectivity index (χ1n) is 8.86. The summed E-state index contributed by atoms with van der Waals surface area (Å²) in [6.45, 7) is 3.65. The average Bonchev–Trinajstić information content (AvgIpc) is 2.73. The van der Waals surface area contributed by atoms with Crippen LogP contribution in [0.2, 0.25) is 0 Å². The molecule has 5 nitrogen and oxygen atoms in total. The topological polar surface area (TPSA) is 76.7 Å². The Bertz CT molecular complexity index is 1030. The number of methoxy groups -OCH3 is 1. The number of aliphatic hydroxyl groups is 2. The monoisotopic (exact) mass is 394 g/mol. The van der Waals surface area contributed by atoms with Gasteiger partial charge in [-0.25, -0.2) is 4.39 Å². The summed E-state index contributed by atoms with van der Waals surface area (Å²) >= 11 is 0. The first kappa shape index (κ1) is 21.6. The highest BCUT2D eigenvalue weighted by molar-refractivity contribution is 5.83. The summed E-state index contributed by atoms with van der Waals surface area (Å²) in [5.41, 5.74) is 3.02. The van der Waals surface area contributed by atoms with Crippen molar-refractivity contribution in [2.75, 3.05) is 19.1 Å². The molecule has 0 saturated carbocycles. The van der Waals surface area contributed by atoms with Crippen molar-refractivity contribution in [3.05, 3.63) is 88.7 Å². The number of allylic oxidation sites excluding steroid dienone is 2. The highest BCUT2D eigenvalue weighted by atomic mass is 19.1. The molecule has 0 spiro atoms. The van der Waals surface area contributed by atoms with E-state index in [0.29, 0.717) is 28.8 Å². The molecule has 0 aliphatic carbocycles. The molecular weight excluding hydrogens is 371 g/mol. The number of halogens is 1.